The van der Waals surface area contributed by atoms with Crippen LogP contribution in [0.2, 0.25) is 0 Å². The van der Waals surface area contributed by atoms with E-state index in [9.17, 15) is 0 Å². The van der Waals surface area contributed by atoms with Gasteiger partial charge in [-0.2, -0.15) is 0 Å². The van der Waals surface area contributed by atoms with Crippen molar-refractivity contribution < 1.29 is 0 Å². The molecule has 0 spiro atoms. The molecule has 6 aromatic rings. The first-order valence-electron chi connectivity index (χ1n) is 14.5. The molecule has 0 saturated carbocycles. The van der Waals surface area contributed by atoms with Crippen molar-refractivity contribution in [2.75, 3.05) is 4.90 Å². The SMILES string of the molecule is C=Nc1ccccc1N1Cc2c(ccc3cccnc23)-c2cc(-c3ccc(-c4ccc5c(c4)C=CCC5)cc3)ccc21. The number of hydrogen-bond acceptors (Lipinski definition) is 3. The van der Waals surface area contributed by atoms with Gasteiger partial charge >= 0.3 is 0 Å². The van der Waals surface area contributed by atoms with Crippen molar-refractivity contribution >= 4 is 40.8 Å². The van der Waals surface area contributed by atoms with E-state index in [4.69, 9.17) is 4.98 Å². The third kappa shape index (κ3) is 4.05. The van der Waals surface area contributed by atoms with Crippen LogP contribution in [-0.2, 0) is 13.0 Å². The summed E-state index contributed by atoms with van der Waals surface area (Å²) < 4.78 is 0. The van der Waals surface area contributed by atoms with Crippen molar-refractivity contribution in [2.24, 2.45) is 4.99 Å². The Hall–Kier alpha value is -5.28. The molecule has 8 rings (SSSR count). The monoisotopic (exact) mass is 539 g/mol. The van der Waals surface area contributed by atoms with Gasteiger partial charge in [-0.1, -0.05) is 84.9 Å². The predicted octanol–water partition coefficient (Wildman–Crippen LogP) is 10.2. The van der Waals surface area contributed by atoms with Crippen LogP contribution in [0.15, 0.2) is 126 Å². The van der Waals surface area contributed by atoms with Crippen LogP contribution in [0.1, 0.15) is 23.1 Å². The molecule has 1 aliphatic heterocycles. The Labute approximate surface area is 246 Å². The summed E-state index contributed by atoms with van der Waals surface area (Å²) in [5.41, 5.74) is 15.5. The fraction of sp³-hybridized carbons (Fsp3) is 0.0769. The maximum absolute atomic E-state index is 4.82. The molecule has 3 heteroatoms. The molecule has 0 unspecified atom stereocenters. The molecule has 0 saturated heterocycles. The van der Waals surface area contributed by atoms with Gasteiger partial charge in [0.25, 0.3) is 0 Å². The molecule has 0 fully saturated rings. The molecule has 0 atom stereocenters. The summed E-state index contributed by atoms with van der Waals surface area (Å²) in [7, 11) is 0. The number of allylic oxidation sites excluding steroid dienone is 1. The molecule has 0 bridgehead atoms. The molecule has 0 radical (unpaired) electrons. The van der Waals surface area contributed by atoms with Gasteiger partial charge in [0.05, 0.1) is 23.4 Å². The fourth-order valence-corrected chi connectivity index (χ4v) is 6.53. The Morgan fingerprint density at radius 2 is 1.48 bits per heavy atom. The maximum Gasteiger partial charge on any atom is 0.0859 e. The number of benzene rings is 5. The fourth-order valence-electron chi connectivity index (χ4n) is 6.53. The number of aryl methyl sites for hydroxylation is 1. The van der Waals surface area contributed by atoms with E-state index < -0.39 is 0 Å². The Morgan fingerprint density at radius 3 is 2.33 bits per heavy atom. The lowest BCUT2D eigenvalue weighted by molar-refractivity contribution is 0.966. The Kier molecular flexibility index (Phi) is 5.82. The third-order valence-electron chi connectivity index (χ3n) is 8.69. The van der Waals surface area contributed by atoms with Crippen molar-refractivity contribution in [3.8, 4) is 33.4 Å². The molecule has 2 heterocycles. The van der Waals surface area contributed by atoms with Gasteiger partial charge in [-0.15, -0.1) is 0 Å². The van der Waals surface area contributed by atoms with Gasteiger partial charge in [-0.3, -0.25) is 9.98 Å². The Balaban J connectivity index is 1.24. The summed E-state index contributed by atoms with van der Waals surface area (Å²) in [5.74, 6) is 0. The third-order valence-corrected chi connectivity index (χ3v) is 8.69. The van der Waals surface area contributed by atoms with Crippen LogP contribution in [0, 0.1) is 0 Å². The minimum atomic E-state index is 0.716. The molecule has 2 aliphatic rings. The lowest BCUT2D eigenvalue weighted by atomic mass is 9.88. The van der Waals surface area contributed by atoms with Crippen molar-refractivity contribution in [3.05, 3.63) is 138 Å². The minimum Gasteiger partial charge on any atom is -0.335 e. The van der Waals surface area contributed by atoms with Crippen LogP contribution >= 0.6 is 0 Å². The number of pyridine rings is 1. The molecule has 200 valence electrons. The highest BCUT2D eigenvalue weighted by molar-refractivity contribution is 5.98. The van der Waals surface area contributed by atoms with Crippen molar-refractivity contribution in [3.63, 3.8) is 0 Å². The molecule has 0 N–H and O–H groups in total. The summed E-state index contributed by atoms with van der Waals surface area (Å²) >= 11 is 0. The van der Waals surface area contributed by atoms with Crippen LogP contribution in [0.5, 0.6) is 0 Å². The molecular formula is C39H29N3. The van der Waals surface area contributed by atoms with E-state index in [1.807, 2.05) is 24.4 Å². The molecule has 3 nitrogen and oxygen atoms in total. The van der Waals surface area contributed by atoms with Crippen molar-refractivity contribution in [2.45, 2.75) is 19.4 Å². The molecule has 1 aliphatic carbocycles. The average Bonchev–Trinajstić information content (AvgIpc) is 3.07. The first-order chi connectivity index (χ1) is 20.8. The van der Waals surface area contributed by atoms with Gasteiger partial charge in [-0.25, -0.2) is 0 Å². The second kappa shape index (κ2) is 9.97. The first kappa shape index (κ1) is 24.5. The van der Waals surface area contributed by atoms with Crippen LogP contribution < -0.4 is 4.90 Å². The summed E-state index contributed by atoms with van der Waals surface area (Å²) in [6, 6.07) is 39.5. The van der Waals surface area contributed by atoms with Gasteiger partial charge in [-0.05, 0) is 94.9 Å². The minimum absolute atomic E-state index is 0.716. The van der Waals surface area contributed by atoms with Gasteiger partial charge in [0.1, 0.15) is 0 Å². The van der Waals surface area contributed by atoms with Crippen LogP contribution in [-0.4, -0.2) is 11.7 Å². The van der Waals surface area contributed by atoms with E-state index in [2.05, 4.69) is 120 Å². The highest BCUT2D eigenvalue weighted by atomic mass is 15.2. The van der Waals surface area contributed by atoms with E-state index in [1.165, 1.54) is 50.1 Å². The van der Waals surface area contributed by atoms with Crippen molar-refractivity contribution in [1.82, 2.24) is 4.98 Å². The number of rotatable bonds is 4. The highest BCUT2D eigenvalue weighted by Crippen LogP contribution is 2.48. The van der Waals surface area contributed by atoms with E-state index in [0.717, 1.165) is 40.8 Å². The van der Waals surface area contributed by atoms with E-state index >= 15 is 0 Å². The predicted molar refractivity (Wildman–Crippen MR) is 177 cm³/mol. The Morgan fingerprint density at radius 1 is 0.690 bits per heavy atom. The lowest BCUT2D eigenvalue weighted by Crippen LogP contribution is -2.22. The van der Waals surface area contributed by atoms with Gasteiger partial charge < -0.3 is 4.90 Å². The molecular weight excluding hydrogens is 510 g/mol. The standard InChI is InChI=1S/C39H29N3/c1-40-36-10-4-5-11-38(36)42-25-35-33(20-18-29-9-6-22-41-39(29)35)34-24-32(19-21-37(34)42)28-14-12-27(13-15-28)31-17-16-26-7-2-3-8-30(26)23-31/h3-6,8-24H,1-2,7,25H2. The molecule has 42 heavy (non-hydrogen) atoms. The van der Waals surface area contributed by atoms with Gasteiger partial charge in [0.15, 0.2) is 0 Å². The van der Waals surface area contributed by atoms with Crippen LogP contribution in [0.4, 0.5) is 17.1 Å². The number of aliphatic imine (C=N–C) groups is 1. The zero-order chi connectivity index (χ0) is 28.0. The number of para-hydroxylation sites is 2. The second-order valence-electron chi connectivity index (χ2n) is 11.1. The quantitative estimate of drug-likeness (QED) is 0.209. The number of aromatic nitrogens is 1. The summed E-state index contributed by atoms with van der Waals surface area (Å²) in [6.07, 6.45) is 8.68. The Bertz CT molecular complexity index is 2030. The zero-order valence-corrected chi connectivity index (χ0v) is 23.3. The normalized spacial score (nSPS) is 13.4. The topological polar surface area (TPSA) is 28.5 Å². The summed E-state index contributed by atoms with van der Waals surface area (Å²) in [6.45, 7) is 4.56. The lowest BCUT2D eigenvalue weighted by Gasteiger charge is -2.34. The number of fused-ring (bicyclic) bond motifs is 6. The highest BCUT2D eigenvalue weighted by Gasteiger charge is 2.27. The molecule has 5 aromatic carbocycles. The first-order valence-corrected chi connectivity index (χ1v) is 14.5. The second-order valence-corrected chi connectivity index (χ2v) is 11.1. The van der Waals surface area contributed by atoms with Crippen LogP contribution in [0.25, 0.3) is 50.4 Å². The number of nitrogens with zero attached hydrogens (tertiary/aromatic N) is 3. The smallest absolute Gasteiger partial charge is 0.0859 e. The number of anilines is 2. The molecule has 1 aromatic heterocycles. The van der Waals surface area contributed by atoms with Gasteiger partial charge in [0, 0.05) is 28.4 Å². The summed E-state index contributed by atoms with van der Waals surface area (Å²) in [4.78, 5) is 11.5. The zero-order valence-electron chi connectivity index (χ0n) is 23.3. The largest absolute Gasteiger partial charge is 0.335 e. The maximum atomic E-state index is 4.82. The molecule has 0 amide bonds. The van der Waals surface area contributed by atoms with Gasteiger partial charge in [0.2, 0.25) is 0 Å². The van der Waals surface area contributed by atoms with E-state index in [0.29, 0.717) is 6.54 Å². The number of hydrogen-bond donors (Lipinski definition) is 0. The van der Waals surface area contributed by atoms with E-state index in [-0.39, 0.29) is 0 Å². The van der Waals surface area contributed by atoms with E-state index in [1.54, 1.807) is 0 Å². The van der Waals surface area contributed by atoms with Crippen molar-refractivity contribution in [1.29, 1.82) is 0 Å². The summed E-state index contributed by atoms with van der Waals surface area (Å²) in [5, 5.41) is 1.15. The average molecular weight is 540 g/mol. The van der Waals surface area contributed by atoms with Crippen LogP contribution in [0.3, 0.4) is 0 Å².